The van der Waals surface area contributed by atoms with Crippen LogP contribution < -0.4 is 4.50 Å². The van der Waals surface area contributed by atoms with Gasteiger partial charge in [0.15, 0.2) is 0 Å². The van der Waals surface area contributed by atoms with Gasteiger partial charge in [-0.2, -0.15) is 0 Å². The molecule has 0 bridgehead atoms. The minimum Gasteiger partial charge on any atom is -0.263 e. The number of halogens is 3. The Labute approximate surface area is 86.9 Å². The minimum absolute atomic E-state index is 0.171. The highest BCUT2D eigenvalue weighted by Crippen LogP contribution is 2.39. The fourth-order valence-electron chi connectivity index (χ4n) is 0.847. The number of rotatable bonds is 1. The molecule has 0 fully saturated rings. The van der Waals surface area contributed by atoms with Crippen molar-refractivity contribution in [2.45, 2.75) is 25.8 Å². The summed E-state index contributed by atoms with van der Waals surface area (Å²) in [6, 6.07) is 1.39. The molecule has 0 amide bonds. The van der Waals surface area contributed by atoms with Gasteiger partial charge in [-0.15, -0.1) is 11.3 Å². The van der Waals surface area contributed by atoms with Crippen molar-refractivity contribution in [3.63, 3.8) is 0 Å². The van der Waals surface area contributed by atoms with Crippen LogP contribution in [0.5, 0.6) is 0 Å². The SMILES string of the molecule is CC(C)(C)[Si](F)(F)c1cc(Cl)cs1. The third kappa shape index (κ3) is 2.11. The predicted octanol–water partition coefficient (Wildman–Crippen LogP) is 3.79. The van der Waals surface area contributed by atoms with Crippen molar-refractivity contribution in [1.82, 2.24) is 0 Å². The molecule has 0 atom stereocenters. The first-order chi connectivity index (χ1) is 5.75. The Hall–Kier alpha value is 0.0669. The summed E-state index contributed by atoms with van der Waals surface area (Å²) in [7, 11) is -4.33. The van der Waals surface area contributed by atoms with E-state index in [-0.39, 0.29) is 4.50 Å². The van der Waals surface area contributed by atoms with Gasteiger partial charge in [-0.05, 0) is 6.07 Å². The van der Waals surface area contributed by atoms with Crippen molar-refractivity contribution in [3.8, 4) is 0 Å². The zero-order chi connectivity index (χ0) is 10.3. The smallest absolute Gasteiger partial charge is 0.263 e. The van der Waals surface area contributed by atoms with E-state index in [1.54, 1.807) is 26.2 Å². The fourth-order valence-corrected chi connectivity index (χ4v) is 4.51. The van der Waals surface area contributed by atoms with E-state index in [4.69, 9.17) is 11.6 Å². The van der Waals surface area contributed by atoms with Crippen LogP contribution in [0.3, 0.4) is 0 Å². The Kier molecular flexibility index (Phi) is 2.85. The molecule has 0 aliphatic rings. The van der Waals surface area contributed by atoms with Crippen molar-refractivity contribution < 1.29 is 8.22 Å². The topological polar surface area (TPSA) is 0 Å². The first kappa shape index (κ1) is 11.1. The molecular formula is C8H11ClF2SSi. The van der Waals surface area contributed by atoms with Gasteiger partial charge in [0.25, 0.3) is 0 Å². The molecule has 13 heavy (non-hydrogen) atoms. The van der Waals surface area contributed by atoms with Crippen molar-refractivity contribution >= 4 is 36.2 Å². The van der Waals surface area contributed by atoms with Crippen LogP contribution in [0, 0.1) is 0 Å². The Morgan fingerprint density at radius 3 is 2.23 bits per heavy atom. The highest BCUT2D eigenvalue weighted by Gasteiger charge is 2.51. The largest absolute Gasteiger partial charge is 0.470 e. The number of hydrogen-bond donors (Lipinski definition) is 0. The van der Waals surface area contributed by atoms with Crippen molar-refractivity contribution in [3.05, 3.63) is 16.5 Å². The van der Waals surface area contributed by atoms with Crippen LogP contribution in [0.1, 0.15) is 20.8 Å². The quantitative estimate of drug-likeness (QED) is 0.518. The summed E-state index contributed by atoms with van der Waals surface area (Å²) in [5, 5.41) is 1.04. The van der Waals surface area contributed by atoms with Gasteiger partial charge >= 0.3 is 8.74 Å². The summed E-state index contributed by atoms with van der Waals surface area (Å²) in [6.07, 6.45) is 0. The Morgan fingerprint density at radius 1 is 1.38 bits per heavy atom. The lowest BCUT2D eigenvalue weighted by molar-refractivity contribution is 0.521. The van der Waals surface area contributed by atoms with Crippen LogP contribution >= 0.6 is 22.9 Å². The van der Waals surface area contributed by atoms with Crippen molar-refractivity contribution in [1.29, 1.82) is 0 Å². The lowest BCUT2D eigenvalue weighted by Crippen LogP contribution is -2.45. The molecule has 1 aromatic rings. The summed E-state index contributed by atoms with van der Waals surface area (Å²) < 4.78 is 27.7. The molecule has 0 aliphatic heterocycles. The maximum atomic E-state index is 13.8. The Morgan fingerprint density at radius 2 is 1.92 bits per heavy atom. The zero-order valence-electron chi connectivity index (χ0n) is 7.70. The second-order valence-corrected chi connectivity index (χ2v) is 8.85. The standard InChI is InChI=1S/C8H11ClF2SSi/c1-8(2,3)13(10,11)7-4-6(9)5-12-7/h4-5H,1-3H3. The van der Waals surface area contributed by atoms with Gasteiger partial charge in [-0.3, -0.25) is 8.22 Å². The van der Waals surface area contributed by atoms with Gasteiger partial charge in [-0.25, -0.2) is 0 Å². The summed E-state index contributed by atoms with van der Waals surface area (Å²) in [4.78, 5) is 0. The zero-order valence-corrected chi connectivity index (χ0v) is 10.3. The van der Waals surface area contributed by atoms with Crippen LogP contribution in [-0.4, -0.2) is 8.74 Å². The molecule has 0 N–H and O–H groups in total. The van der Waals surface area contributed by atoms with E-state index in [1.807, 2.05) is 0 Å². The van der Waals surface area contributed by atoms with Gasteiger partial charge in [0.05, 0.1) is 9.52 Å². The van der Waals surface area contributed by atoms with E-state index in [9.17, 15) is 8.22 Å². The predicted molar refractivity (Wildman–Crippen MR) is 56.6 cm³/mol. The highest BCUT2D eigenvalue weighted by molar-refractivity contribution is 7.24. The van der Waals surface area contributed by atoms with Gasteiger partial charge in [0, 0.05) is 10.4 Å². The van der Waals surface area contributed by atoms with Crippen LogP contribution in [-0.2, 0) is 0 Å². The molecule has 0 spiro atoms. The Balaban J connectivity index is 3.07. The van der Waals surface area contributed by atoms with Gasteiger partial charge in [0.1, 0.15) is 0 Å². The second-order valence-electron chi connectivity index (χ2n) is 3.95. The van der Waals surface area contributed by atoms with E-state index in [0.29, 0.717) is 5.02 Å². The van der Waals surface area contributed by atoms with E-state index < -0.39 is 13.8 Å². The minimum atomic E-state index is -4.33. The van der Waals surface area contributed by atoms with E-state index >= 15 is 0 Å². The normalized spacial score (nSPS) is 13.4. The molecule has 0 saturated heterocycles. The second kappa shape index (κ2) is 3.33. The molecule has 0 radical (unpaired) electrons. The average Bonchev–Trinajstić information content (AvgIpc) is 2.33. The average molecular weight is 241 g/mol. The van der Waals surface area contributed by atoms with E-state index in [1.165, 1.54) is 6.07 Å². The molecule has 5 heteroatoms. The molecule has 1 aromatic heterocycles. The molecule has 0 unspecified atom stereocenters. The third-order valence-corrected chi connectivity index (χ3v) is 6.68. The van der Waals surface area contributed by atoms with Crippen LogP contribution in [0.2, 0.25) is 10.1 Å². The third-order valence-electron chi connectivity index (χ3n) is 1.82. The van der Waals surface area contributed by atoms with Crippen molar-refractivity contribution in [2.75, 3.05) is 0 Å². The number of hydrogen-bond acceptors (Lipinski definition) is 1. The first-order valence-corrected chi connectivity index (χ1v) is 6.89. The van der Waals surface area contributed by atoms with Crippen LogP contribution in [0.25, 0.3) is 0 Å². The summed E-state index contributed by atoms with van der Waals surface area (Å²) in [5.41, 5.74) is 0. The fraction of sp³-hybridized carbons (Fsp3) is 0.500. The maximum absolute atomic E-state index is 13.8. The molecule has 1 heterocycles. The molecular weight excluding hydrogens is 230 g/mol. The monoisotopic (exact) mass is 240 g/mol. The molecule has 74 valence electrons. The lowest BCUT2D eigenvalue weighted by atomic mass is 10.2. The summed E-state index contributed by atoms with van der Waals surface area (Å²) >= 11 is 6.68. The Bertz CT molecular complexity index is 303. The highest BCUT2D eigenvalue weighted by atomic mass is 35.5. The van der Waals surface area contributed by atoms with Gasteiger partial charge in [-0.1, -0.05) is 32.4 Å². The summed E-state index contributed by atoms with van der Waals surface area (Å²) in [5.74, 6) is 0. The number of thiophene rings is 1. The van der Waals surface area contributed by atoms with Gasteiger partial charge < -0.3 is 0 Å². The molecule has 0 saturated carbocycles. The van der Waals surface area contributed by atoms with Crippen LogP contribution in [0.15, 0.2) is 11.4 Å². The van der Waals surface area contributed by atoms with E-state index in [2.05, 4.69) is 0 Å². The molecule has 0 aromatic carbocycles. The molecule has 1 rings (SSSR count). The molecule has 0 nitrogen and oxygen atoms in total. The van der Waals surface area contributed by atoms with Crippen LogP contribution in [0.4, 0.5) is 8.22 Å². The summed E-state index contributed by atoms with van der Waals surface area (Å²) in [6.45, 7) is 4.73. The van der Waals surface area contributed by atoms with E-state index in [0.717, 1.165) is 11.3 Å². The molecule has 0 aliphatic carbocycles. The van der Waals surface area contributed by atoms with Gasteiger partial charge in [0.2, 0.25) is 0 Å². The maximum Gasteiger partial charge on any atom is 0.470 e. The lowest BCUT2D eigenvalue weighted by Gasteiger charge is -2.25. The first-order valence-electron chi connectivity index (χ1n) is 3.87. The van der Waals surface area contributed by atoms with Crippen molar-refractivity contribution in [2.24, 2.45) is 0 Å².